The molecule has 0 aliphatic carbocycles. The van der Waals surface area contributed by atoms with E-state index in [1.807, 2.05) is 0 Å². The van der Waals surface area contributed by atoms with Crippen molar-refractivity contribution in [1.29, 1.82) is 0 Å². The van der Waals surface area contributed by atoms with E-state index in [0.717, 1.165) is 0 Å². The van der Waals surface area contributed by atoms with E-state index in [0.29, 0.717) is 0 Å². The Morgan fingerprint density at radius 3 is 2.07 bits per heavy atom. The maximum absolute atomic E-state index is 3.38. The van der Waals surface area contributed by atoms with Gasteiger partial charge in [0.15, 0.2) is 0 Å². The lowest BCUT2D eigenvalue weighted by molar-refractivity contribution is 0.255. The Morgan fingerprint density at radius 1 is 1.14 bits per heavy atom. The molecule has 0 radical (unpaired) electrons. The van der Waals surface area contributed by atoms with Gasteiger partial charge in [0, 0.05) is 32.7 Å². The molecule has 1 aliphatic rings. The van der Waals surface area contributed by atoms with Crippen LogP contribution >= 0.6 is 10.0 Å². The summed E-state index contributed by atoms with van der Waals surface area (Å²) in [6.07, 6.45) is 7.19. The van der Waals surface area contributed by atoms with Gasteiger partial charge in [-0.2, -0.15) is 0 Å². The fraction of sp³-hybridized carbons (Fsp3) is 0.818. The van der Waals surface area contributed by atoms with E-state index in [2.05, 4.69) is 42.1 Å². The van der Waals surface area contributed by atoms with Gasteiger partial charge in [0.1, 0.15) is 0 Å². The first-order chi connectivity index (χ1) is 6.58. The van der Waals surface area contributed by atoms with E-state index in [1.165, 1.54) is 38.5 Å². The average molecular weight is 218 g/mol. The Kier molecular flexibility index (Phi) is 7.33. The zero-order valence-corrected chi connectivity index (χ0v) is 10.8. The number of nitrogens with one attached hydrogen (secondary N) is 1. The molecule has 1 saturated heterocycles. The predicted molar refractivity (Wildman–Crippen MR) is 70.8 cm³/mol. The molecule has 0 aromatic heterocycles. The summed E-state index contributed by atoms with van der Waals surface area (Å²) in [5, 5.41) is 3.38. The molecule has 3 heteroatoms. The molecule has 0 aromatic rings. The Hall–Kier alpha value is 0.01000. The van der Waals surface area contributed by atoms with Gasteiger partial charge in [0.05, 0.1) is 0 Å². The summed E-state index contributed by atoms with van der Waals surface area (Å²) < 4.78 is 0. The summed E-state index contributed by atoms with van der Waals surface area (Å²) in [7, 11) is -0.286. The molecule has 0 unspecified atom stereocenters. The van der Waals surface area contributed by atoms with E-state index in [1.54, 1.807) is 0 Å². The van der Waals surface area contributed by atoms with Crippen molar-refractivity contribution in [2.24, 2.45) is 0 Å². The lowest BCUT2D eigenvalue weighted by Crippen LogP contribution is -2.44. The van der Waals surface area contributed by atoms with Crippen LogP contribution in [-0.2, 0) is 0 Å². The molecule has 1 fully saturated rings. The van der Waals surface area contributed by atoms with Crippen molar-refractivity contribution < 1.29 is 0 Å². The molecule has 2 nitrogen and oxygen atoms in total. The van der Waals surface area contributed by atoms with Crippen LogP contribution in [0, 0.1) is 0 Å². The van der Waals surface area contributed by atoms with Gasteiger partial charge in [-0.05, 0) is 24.5 Å². The smallest absolute Gasteiger partial charge is 0.0108 e. The van der Waals surface area contributed by atoms with Crippen molar-refractivity contribution in [2.75, 3.05) is 57.2 Å². The summed E-state index contributed by atoms with van der Waals surface area (Å²) in [5.41, 5.74) is 0. The second-order valence-electron chi connectivity index (χ2n) is 4.39. The molecule has 0 saturated carbocycles. The number of hydrogen-bond acceptors (Lipinski definition) is 2. The highest BCUT2D eigenvalue weighted by molar-refractivity contribution is 8.32. The first kappa shape index (κ1) is 14.0. The van der Waals surface area contributed by atoms with Gasteiger partial charge in [-0.3, -0.25) is 0 Å². The molecule has 14 heavy (non-hydrogen) atoms. The van der Waals surface area contributed by atoms with Gasteiger partial charge >= 0.3 is 0 Å². The van der Waals surface area contributed by atoms with Crippen molar-refractivity contribution in [3.63, 3.8) is 0 Å². The SMILES string of the molecule is C=C.CS(C)(C)CCN1CCNCC1. The van der Waals surface area contributed by atoms with Crippen molar-refractivity contribution in [3.8, 4) is 0 Å². The van der Waals surface area contributed by atoms with Crippen molar-refractivity contribution in [2.45, 2.75) is 0 Å². The minimum atomic E-state index is -0.286. The number of nitrogens with zero attached hydrogens (tertiary/aromatic N) is 1. The van der Waals surface area contributed by atoms with Crippen LogP contribution in [0.4, 0.5) is 0 Å². The minimum absolute atomic E-state index is 0.286. The highest BCUT2D eigenvalue weighted by Gasteiger charge is 2.11. The zero-order valence-electron chi connectivity index (χ0n) is 10.0. The molecule has 0 aromatic carbocycles. The highest BCUT2D eigenvalue weighted by atomic mass is 32.3. The van der Waals surface area contributed by atoms with Gasteiger partial charge in [0.2, 0.25) is 0 Å². The van der Waals surface area contributed by atoms with E-state index in [9.17, 15) is 0 Å². The largest absolute Gasteiger partial charge is 0.314 e. The van der Waals surface area contributed by atoms with Crippen LogP contribution in [0.1, 0.15) is 0 Å². The fourth-order valence-corrected chi connectivity index (χ4v) is 2.14. The first-order valence-electron chi connectivity index (χ1n) is 5.17. The third-order valence-electron chi connectivity index (χ3n) is 2.23. The van der Waals surface area contributed by atoms with Crippen molar-refractivity contribution in [3.05, 3.63) is 13.2 Å². The maximum Gasteiger partial charge on any atom is 0.0108 e. The van der Waals surface area contributed by atoms with Crippen LogP contribution in [0.15, 0.2) is 13.2 Å². The third-order valence-corrected chi connectivity index (χ3v) is 3.64. The normalized spacial score (nSPS) is 19.6. The van der Waals surface area contributed by atoms with E-state index >= 15 is 0 Å². The first-order valence-corrected chi connectivity index (χ1v) is 8.20. The molecule has 0 bridgehead atoms. The fourth-order valence-electron chi connectivity index (χ4n) is 1.34. The summed E-state index contributed by atoms with van der Waals surface area (Å²) in [6, 6.07) is 0. The van der Waals surface area contributed by atoms with Crippen LogP contribution < -0.4 is 5.32 Å². The average Bonchev–Trinajstić information content (AvgIpc) is 2.19. The Bertz CT molecular complexity index is 137. The van der Waals surface area contributed by atoms with Crippen LogP contribution in [-0.4, -0.2) is 62.1 Å². The maximum atomic E-state index is 3.38. The van der Waals surface area contributed by atoms with E-state index < -0.39 is 0 Å². The molecular formula is C11H26N2S. The zero-order chi connectivity index (χ0) is 11.0. The summed E-state index contributed by atoms with van der Waals surface area (Å²) >= 11 is 0. The standard InChI is InChI=1S/C9H22N2S.C2H4/c1-12(2,3)9-8-11-6-4-10-5-7-11;1-2/h10H,4-9H2,1-3H3;1-2H2. The quantitative estimate of drug-likeness (QED) is 0.720. The van der Waals surface area contributed by atoms with Crippen LogP contribution in [0.3, 0.4) is 0 Å². The summed E-state index contributed by atoms with van der Waals surface area (Å²) in [6.45, 7) is 12.2. The lowest BCUT2D eigenvalue weighted by atomic mass is 10.4. The Labute approximate surface area is 91.1 Å². The Morgan fingerprint density at radius 2 is 1.64 bits per heavy atom. The van der Waals surface area contributed by atoms with Crippen molar-refractivity contribution >= 4 is 10.0 Å². The molecule has 1 N–H and O–H groups in total. The minimum Gasteiger partial charge on any atom is -0.314 e. The Balaban J connectivity index is 0.000000791. The second-order valence-corrected chi connectivity index (χ2v) is 8.98. The lowest BCUT2D eigenvalue weighted by Gasteiger charge is -2.32. The molecule has 1 rings (SSSR count). The number of hydrogen-bond donors (Lipinski definition) is 1. The van der Waals surface area contributed by atoms with Crippen molar-refractivity contribution in [1.82, 2.24) is 10.2 Å². The van der Waals surface area contributed by atoms with E-state index in [-0.39, 0.29) is 10.0 Å². The molecule has 0 amide bonds. The summed E-state index contributed by atoms with van der Waals surface area (Å²) in [4.78, 5) is 2.58. The predicted octanol–water partition coefficient (Wildman–Crippen LogP) is 1.39. The monoisotopic (exact) mass is 218 g/mol. The topological polar surface area (TPSA) is 15.3 Å². The number of piperazine rings is 1. The van der Waals surface area contributed by atoms with Gasteiger partial charge in [-0.15, -0.1) is 13.2 Å². The second kappa shape index (κ2) is 7.32. The van der Waals surface area contributed by atoms with Gasteiger partial charge < -0.3 is 10.2 Å². The third kappa shape index (κ3) is 7.42. The summed E-state index contributed by atoms with van der Waals surface area (Å²) in [5.74, 6) is 1.40. The van der Waals surface area contributed by atoms with Gasteiger partial charge in [-0.1, -0.05) is 0 Å². The number of rotatable bonds is 3. The molecule has 0 atom stereocenters. The molecule has 1 aliphatic heterocycles. The molecular weight excluding hydrogens is 192 g/mol. The highest BCUT2D eigenvalue weighted by Crippen LogP contribution is 2.33. The van der Waals surface area contributed by atoms with Gasteiger partial charge in [-0.25, -0.2) is 10.0 Å². The van der Waals surface area contributed by atoms with Crippen LogP contribution in [0.5, 0.6) is 0 Å². The molecule has 86 valence electrons. The van der Waals surface area contributed by atoms with Crippen LogP contribution in [0.25, 0.3) is 0 Å². The molecule has 0 spiro atoms. The van der Waals surface area contributed by atoms with Gasteiger partial charge in [0.25, 0.3) is 0 Å². The molecule has 1 heterocycles. The van der Waals surface area contributed by atoms with Crippen LogP contribution in [0.2, 0.25) is 0 Å². The van der Waals surface area contributed by atoms with E-state index in [4.69, 9.17) is 0 Å².